The van der Waals surface area contributed by atoms with Crippen molar-refractivity contribution in [2.45, 2.75) is 23.9 Å². The summed E-state index contributed by atoms with van der Waals surface area (Å²) in [6.07, 6.45) is 0. The Labute approximate surface area is 165 Å². The van der Waals surface area contributed by atoms with Crippen LogP contribution >= 0.6 is 15.9 Å². The smallest absolute Gasteiger partial charge is 0.269 e. The third kappa shape index (κ3) is 3.87. The molecule has 0 unspecified atom stereocenters. The lowest BCUT2D eigenvalue weighted by Crippen LogP contribution is -2.43. The third-order valence-electron chi connectivity index (χ3n) is 4.35. The van der Waals surface area contributed by atoms with E-state index in [0.29, 0.717) is 5.71 Å². The normalized spacial score (nSPS) is 19.8. The highest BCUT2D eigenvalue weighted by molar-refractivity contribution is 9.10. The van der Waals surface area contributed by atoms with E-state index in [1.165, 1.54) is 24.3 Å². The molecule has 0 aromatic heterocycles. The highest BCUT2D eigenvalue weighted by Gasteiger charge is 2.38. The molecule has 10 heteroatoms. The first kappa shape index (κ1) is 19.5. The number of sulfonamides is 1. The van der Waals surface area contributed by atoms with E-state index < -0.39 is 21.0 Å². The van der Waals surface area contributed by atoms with E-state index in [9.17, 15) is 18.5 Å². The van der Waals surface area contributed by atoms with E-state index in [1.54, 1.807) is 19.0 Å². The first-order chi connectivity index (χ1) is 12.7. The van der Waals surface area contributed by atoms with Crippen molar-refractivity contribution in [2.24, 2.45) is 5.10 Å². The van der Waals surface area contributed by atoms with Crippen molar-refractivity contribution in [3.05, 3.63) is 68.7 Å². The number of nitrogens with one attached hydrogen (secondary N) is 1. The van der Waals surface area contributed by atoms with Gasteiger partial charge in [-0.2, -0.15) is 9.82 Å². The van der Waals surface area contributed by atoms with Gasteiger partial charge in [-0.15, -0.1) is 0 Å². The Morgan fingerprint density at radius 1 is 1.19 bits per heavy atom. The molecule has 8 nitrogen and oxygen atoms in total. The van der Waals surface area contributed by atoms with Gasteiger partial charge in [0.25, 0.3) is 5.69 Å². The van der Waals surface area contributed by atoms with Crippen LogP contribution in [-0.4, -0.2) is 37.2 Å². The molecule has 2 atom stereocenters. The Kier molecular flexibility index (Phi) is 5.31. The van der Waals surface area contributed by atoms with Gasteiger partial charge < -0.3 is 0 Å². The lowest BCUT2D eigenvalue weighted by Gasteiger charge is -2.27. The van der Waals surface area contributed by atoms with Gasteiger partial charge in [0.2, 0.25) is 10.0 Å². The third-order valence-corrected chi connectivity index (χ3v) is 6.53. The van der Waals surface area contributed by atoms with Gasteiger partial charge in [-0.25, -0.2) is 8.42 Å². The van der Waals surface area contributed by atoms with Gasteiger partial charge in [-0.1, -0.05) is 34.1 Å². The molecule has 1 aliphatic rings. The van der Waals surface area contributed by atoms with Gasteiger partial charge in [0.05, 0.1) is 27.6 Å². The predicted octanol–water partition coefficient (Wildman–Crippen LogP) is 3.07. The van der Waals surface area contributed by atoms with Crippen molar-refractivity contribution >= 4 is 37.4 Å². The maximum atomic E-state index is 12.8. The van der Waals surface area contributed by atoms with E-state index in [0.717, 1.165) is 10.0 Å². The van der Waals surface area contributed by atoms with Crippen molar-refractivity contribution in [1.29, 1.82) is 0 Å². The van der Waals surface area contributed by atoms with Crippen LogP contribution in [0.2, 0.25) is 0 Å². The average Bonchev–Trinajstić information content (AvgIpc) is 2.88. The van der Waals surface area contributed by atoms with Crippen LogP contribution in [0, 0.1) is 10.1 Å². The first-order valence-corrected chi connectivity index (χ1v) is 10.3. The van der Waals surface area contributed by atoms with Crippen molar-refractivity contribution < 1.29 is 13.3 Å². The number of non-ortho nitro benzene ring substituents is 1. The number of hydrazone groups is 1. The maximum absolute atomic E-state index is 12.8. The number of nitro benzene ring substituents is 1. The maximum Gasteiger partial charge on any atom is 0.269 e. The number of nitrogens with zero attached hydrogens (tertiary/aromatic N) is 3. The predicted molar refractivity (Wildman–Crippen MR) is 105 cm³/mol. The largest absolute Gasteiger partial charge is 0.291 e. The molecular weight excluding hydrogens is 436 g/mol. The average molecular weight is 453 g/mol. The molecule has 1 heterocycles. The summed E-state index contributed by atoms with van der Waals surface area (Å²) >= 11 is 3.51. The molecule has 0 saturated heterocycles. The van der Waals surface area contributed by atoms with Crippen LogP contribution in [-0.2, 0) is 10.0 Å². The SMILES string of the molecule is CC1=NN(C)[C@@H](c2ccccc2Br)[C@@H]1NS(=O)(=O)c1ccc([N+](=O)[O-])cc1. The van der Waals surface area contributed by atoms with E-state index in [2.05, 4.69) is 25.8 Å². The molecule has 1 N–H and O–H groups in total. The van der Waals surface area contributed by atoms with E-state index in [1.807, 2.05) is 24.3 Å². The number of rotatable bonds is 5. The minimum absolute atomic E-state index is 0.0404. The zero-order valence-electron chi connectivity index (χ0n) is 14.5. The van der Waals surface area contributed by atoms with Gasteiger partial charge in [-0.3, -0.25) is 15.1 Å². The minimum Gasteiger partial charge on any atom is -0.291 e. The van der Waals surface area contributed by atoms with Crippen molar-refractivity contribution in [3.8, 4) is 0 Å². The van der Waals surface area contributed by atoms with Gasteiger partial charge >= 0.3 is 0 Å². The standard InChI is InChI=1S/C17H17BrN4O4S/c1-11-16(17(21(2)19-11)14-5-3-4-6-15(14)18)20-27(25,26)13-9-7-12(8-10-13)22(23)24/h3-10,16-17,20H,1-2H3/t16-,17+/m1/s1. The van der Waals surface area contributed by atoms with Crippen LogP contribution in [0.1, 0.15) is 18.5 Å². The fourth-order valence-electron chi connectivity index (χ4n) is 3.05. The quantitative estimate of drug-likeness (QED) is 0.554. The van der Waals surface area contributed by atoms with Crippen molar-refractivity contribution in [3.63, 3.8) is 0 Å². The number of halogens is 1. The Bertz CT molecular complexity index is 1010. The summed E-state index contributed by atoms with van der Waals surface area (Å²) in [5.41, 5.74) is 1.36. The van der Waals surface area contributed by atoms with Crippen LogP contribution in [0.3, 0.4) is 0 Å². The second kappa shape index (κ2) is 7.37. The molecule has 0 saturated carbocycles. The monoisotopic (exact) mass is 452 g/mol. The van der Waals surface area contributed by atoms with E-state index >= 15 is 0 Å². The lowest BCUT2D eigenvalue weighted by atomic mass is 9.98. The Morgan fingerprint density at radius 3 is 2.41 bits per heavy atom. The molecule has 0 bridgehead atoms. The topological polar surface area (TPSA) is 105 Å². The lowest BCUT2D eigenvalue weighted by molar-refractivity contribution is -0.384. The van der Waals surface area contributed by atoms with Crippen molar-refractivity contribution in [2.75, 3.05) is 7.05 Å². The van der Waals surface area contributed by atoms with E-state index in [-0.39, 0.29) is 16.6 Å². The zero-order valence-corrected chi connectivity index (χ0v) is 16.9. The molecule has 0 aliphatic carbocycles. The number of nitro groups is 1. The molecule has 2 aromatic carbocycles. The van der Waals surface area contributed by atoms with Crippen molar-refractivity contribution in [1.82, 2.24) is 9.73 Å². The fraction of sp³-hybridized carbons (Fsp3) is 0.235. The number of hydrogen-bond donors (Lipinski definition) is 1. The molecular formula is C17H17BrN4O4S. The molecule has 142 valence electrons. The highest BCUT2D eigenvalue weighted by Crippen LogP contribution is 2.34. The second-order valence-corrected chi connectivity index (χ2v) is 8.70. The molecule has 0 radical (unpaired) electrons. The second-order valence-electron chi connectivity index (χ2n) is 6.13. The molecule has 3 rings (SSSR count). The summed E-state index contributed by atoms with van der Waals surface area (Å²) in [4.78, 5) is 10.2. The molecule has 0 fully saturated rings. The summed E-state index contributed by atoms with van der Waals surface area (Å²) in [5.74, 6) is 0. The van der Waals surface area contributed by atoms with Crippen LogP contribution in [0.25, 0.3) is 0 Å². The molecule has 2 aromatic rings. The molecule has 1 aliphatic heterocycles. The van der Waals surface area contributed by atoms with Gasteiger partial charge in [-0.05, 0) is 30.7 Å². The summed E-state index contributed by atoms with van der Waals surface area (Å²) in [6, 6.07) is 11.4. The van der Waals surface area contributed by atoms with Gasteiger partial charge in [0.1, 0.15) is 0 Å². The Balaban J connectivity index is 1.92. The first-order valence-electron chi connectivity index (χ1n) is 8.00. The van der Waals surface area contributed by atoms with Gasteiger partial charge in [0.15, 0.2) is 0 Å². The highest BCUT2D eigenvalue weighted by atomic mass is 79.9. The minimum atomic E-state index is -3.89. The fourth-order valence-corrected chi connectivity index (χ4v) is 4.83. The molecule has 27 heavy (non-hydrogen) atoms. The van der Waals surface area contributed by atoms with Crippen LogP contribution in [0.5, 0.6) is 0 Å². The number of hydrogen-bond acceptors (Lipinski definition) is 6. The molecule has 0 spiro atoms. The summed E-state index contributed by atoms with van der Waals surface area (Å²) in [6.45, 7) is 1.76. The molecule has 0 amide bonds. The number of likely N-dealkylation sites (N-methyl/N-ethyl adjacent to an activating group) is 1. The summed E-state index contributed by atoms with van der Waals surface area (Å²) in [7, 11) is -2.11. The number of benzene rings is 2. The van der Waals surface area contributed by atoms with E-state index in [4.69, 9.17) is 0 Å². The van der Waals surface area contributed by atoms with Crippen LogP contribution in [0.15, 0.2) is 63.0 Å². The zero-order chi connectivity index (χ0) is 19.8. The van der Waals surface area contributed by atoms with Gasteiger partial charge in [0, 0.05) is 23.7 Å². The van der Waals surface area contributed by atoms with Crippen LogP contribution in [0.4, 0.5) is 5.69 Å². The van der Waals surface area contributed by atoms with Crippen LogP contribution < -0.4 is 4.72 Å². The Hall–Kier alpha value is -2.30. The summed E-state index contributed by atoms with van der Waals surface area (Å²) < 4.78 is 29.2. The summed E-state index contributed by atoms with van der Waals surface area (Å²) in [5, 5.41) is 16.9. The Morgan fingerprint density at radius 2 is 1.81 bits per heavy atom.